The number of nitrogens with zero attached hydrogens (tertiary/aromatic N) is 2. The Labute approximate surface area is 200 Å². The minimum atomic E-state index is -0.919. The molecule has 180 valence electrons. The predicted octanol–water partition coefficient (Wildman–Crippen LogP) is 6.22. The Bertz CT molecular complexity index is 1070. The van der Waals surface area contributed by atoms with E-state index in [0.29, 0.717) is 18.4 Å². The molecular formula is C28H33FN2O3. The van der Waals surface area contributed by atoms with E-state index in [9.17, 15) is 9.18 Å². The summed E-state index contributed by atoms with van der Waals surface area (Å²) in [6, 6.07) is 17.1. The van der Waals surface area contributed by atoms with E-state index in [-0.39, 0.29) is 12.4 Å². The Morgan fingerprint density at radius 1 is 1.03 bits per heavy atom. The van der Waals surface area contributed by atoms with Gasteiger partial charge in [0.25, 0.3) is 0 Å². The third kappa shape index (κ3) is 5.92. The van der Waals surface area contributed by atoms with Crippen LogP contribution in [-0.2, 0) is 22.5 Å². The van der Waals surface area contributed by atoms with Gasteiger partial charge in [0.1, 0.15) is 12.4 Å². The van der Waals surface area contributed by atoms with Crippen LogP contribution in [0, 0.1) is 17.7 Å². The van der Waals surface area contributed by atoms with Crippen LogP contribution in [0.2, 0.25) is 0 Å². The Hall–Kier alpha value is -2.99. The van der Waals surface area contributed by atoms with E-state index in [1.807, 2.05) is 30.3 Å². The second-order valence-corrected chi connectivity index (χ2v) is 9.27. The summed E-state index contributed by atoms with van der Waals surface area (Å²) in [5, 5.41) is 13.9. The van der Waals surface area contributed by atoms with Gasteiger partial charge in [0.2, 0.25) is 0 Å². The molecule has 1 fully saturated rings. The summed E-state index contributed by atoms with van der Waals surface area (Å²) in [5.41, 5.74) is 5.40. The quantitative estimate of drug-likeness (QED) is 0.387. The molecule has 1 saturated carbocycles. The van der Waals surface area contributed by atoms with E-state index >= 15 is 0 Å². The monoisotopic (exact) mass is 464 g/mol. The highest BCUT2D eigenvalue weighted by atomic mass is 19.1. The lowest BCUT2D eigenvalue weighted by atomic mass is 9.82. The zero-order valence-electron chi connectivity index (χ0n) is 19.8. The normalized spacial score (nSPS) is 18.2. The molecule has 4 rings (SSSR count). The van der Waals surface area contributed by atoms with Crippen LogP contribution >= 0.6 is 0 Å². The first-order valence-electron chi connectivity index (χ1n) is 12.3. The maximum atomic E-state index is 13.7. The molecule has 1 aliphatic rings. The summed E-state index contributed by atoms with van der Waals surface area (Å²) in [5.74, 6) is -0.251. The molecule has 1 aromatic heterocycles. The number of aromatic nitrogens is 2. The Morgan fingerprint density at radius 3 is 2.35 bits per heavy atom. The van der Waals surface area contributed by atoms with Crippen molar-refractivity contribution < 1.29 is 19.0 Å². The van der Waals surface area contributed by atoms with Gasteiger partial charge in [-0.25, -0.2) is 9.18 Å². The van der Waals surface area contributed by atoms with Gasteiger partial charge in [-0.2, -0.15) is 5.10 Å². The SMILES string of the molecule is CCCc1nn(C[C@H]2CC[C@@H](COCC(=O)O)CC2)c(-c2ccc(F)cc2)c1-c1ccccc1. The molecule has 0 amide bonds. The summed E-state index contributed by atoms with van der Waals surface area (Å²) in [4.78, 5) is 10.7. The van der Waals surface area contributed by atoms with Crippen molar-refractivity contribution in [3.63, 3.8) is 0 Å². The molecule has 1 N–H and O–H groups in total. The summed E-state index contributed by atoms with van der Waals surface area (Å²) >= 11 is 0. The second-order valence-electron chi connectivity index (χ2n) is 9.27. The average Bonchev–Trinajstić information content (AvgIpc) is 3.19. The van der Waals surface area contributed by atoms with Crippen LogP contribution in [0.25, 0.3) is 22.4 Å². The van der Waals surface area contributed by atoms with E-state index in [0.717, 1.165) is 73.1 Å². The molecule has 1 heterocycles. The van der Waals surface area contributed by atoms with E-state index in [1.54, 1.807) is 0 Å². The van der Waals surface area contributed by atoms with Crippen molar-refractivity contribution in [1.29, 1.82) is 0 Å². The van der Waals surface area contributed by atoms with Gasteiger partial charge < -0.3 is 9.84 Å². The van der Waals surface area contributed by atoms with Gasteiger partial charge in [0.05, 0.1) is 18.0 Å². The average molecular weight is 465 g/mol. The van der Waals surface area contributed by atoms with Crippen molar-refractivity contribution in [3.05, 3.63) is 66.1 Å². The number of aliphatic carboxylic acids is 1. The minimum Gasteiger partial charge on any atom is -0.480 e. The first kappa shape index (κ1) is 24.1. The number of hydrogen-bond donors (Lipinski definition) is 1. The van der Waals surface area contributed by atoms with Crippen molar-refractivity contribution in [1.82, 2.24) is 9.78 Å². The highest BCUT2D eigenvalue weighted by Crippen LogP contribution is 2.38. The Morgan fingerprint density at radius 2 is 1.71 bits per heavy atom. The number of hydrogen-bond acceptors (Lipinski definition) is 3. The van der Waals surface area contributed by atoms with Crippen LogP contribution < -0.4 is 0 Å². The molecule has 0 aliphatic heterocycles. The number of benzene rings is 2. The molecular weight excluding hydrogens is 431 g/mol. The van der Waals surface area contributed by atoms with Gasteiger partial charge in [-0.15, -0.1) is 0 Å². The summed E-state index contributed by atoms with van der Waals surface area (Å²) in [7, 11) is 0. The fourth-order valence-corrected chi connectivity index (χ4v) is 5.00. The maximum Gasteiger partial charge on any atom is 0.329 e. The van der Waals surface area contributed by atoms with Gasteiger partial charge in [0.15, 0.2) is 0 Å². The van der Waals surface area contributed by atoms with Crippen LogP contribution in [0.1, 0.15) is 44.7 Å². The third-order valence-electron chi connectivity index (χ3n) is 6.67. The molecule has 3 aromatic rings. The highest BCUT2D eigenvalue weighted by molar-refractivity contribution is 5.83. The van der Waals surface area contributed by atoms with Crippen molar-refractivity contribution >= 4 is 5.97 Å². The summed E-state index contributed by atoms with van der Waals surface area (Å²) in [6.45, 7) is 3.27. The number of halogens is 1. The largest absolute Gasteiger partial charge is 0.480 e. The summed E-state index contributed by atoms with van der Waals surface area (Å²) in [6.07, 6.45) is 6.08. The number of rotatable bonds is 10. The van der Waals surface area contributed by atoms with Crippen LogP contribution in [-0.4, -0.2) is 34.1 Å². The number of carboxylic acid groups (broad SMARTS) is 1. The molecule has 0 atom stereocenters. The summed E-state index contributed by atoms with van der Waals surface area (Å²) < 4.78 is 21.2. The van der Waals surface area contributed by atoms with Gasteiger partial charge in [-0.3, -0.25) is 4.68 Å². The van der Waals surface area contributed by atoms with Crippen molar-refractivity contribution in [2.45, 2.75) is 52.0 Å². The van der Waals surface area contributed by atoms with E-state index in [1.165, 1.54) is 12.1 Å². The lowest BCUT2D eigenvalue weighted by Crippen LogP contribution is -2.23. The zero-order chi connectivity index (χ0) is 23.9. The molecule has 0 unspecified atom stereocenters. The van der Waals surface area contributed by atoms with Gasteiger partial charge in [-0.05, 0) is 73.8 Å². The predicted molar refractivity (Wildman–Crippen MR) is 131 cm³/mol. The number of carbonyl (C=O) groups is 1. The smallest absolute Gasteiger partial charge is 0.329 e. The first-order chi connectivity index (χ1) is 16.5. The second kappa shape index (κ2) is 11.4. The first-order valence-corrected chi connectivity index (χ1v) is 12.3. The molecule has 0 saturated heterocycles. The molecule has 0 bridgehead atoms. The lowest BCUT2D eigenvalue weighted by molar-refractivity contribution is -0.142. The van der Waals surface area contributed by atoms with Crippen LogP contribution in [0.15, 0.2) is 54.6 Å². The molecule has 0 spiro atoms. The minimum absolute atomic E-state index is 0.225. The number of ether oxygens (including phenoxy) is 1. The molecule has 34 heavy (non-hydrogen) atoms. The molecule has 0 radical (unpaired) electrons. The van der Waals surface area contributed by atoms with Gasteiger partial charge in [0, 0.05) is 17.7 Å². The third-order valence-corrected chi connectivity index (χ3v) is 6.67. The van der Waals surface area contributed by atoms with E-state index in [2.05, 4.69) is 23.7 Å². The topological polar surface area (TPSA) is 64.4 Å². The maximum absolute atomic E-state index is 13.7. The number of carboxylic acids is 1. The zero-order valence-corrected chi connectivity index (χ0v) is 19.8. The van der Waals surface area contributed by atoms with Gasteiger partial charge >= 0.3 is 5.97 Å². The standard InChI is InChI=1S/C28H33FN2O3/c1-2-6-25-27(22-7-4-3-5-8-22)28(23-13-15-24(29)16-14-23)31(30-25)17-20-9-11-21(12-10-20)18-34-19-26(32)33/h3-5,7-8,13-16,20-21H,2,6,9-12,17-19H2,1H3,(H,32,33)/t20-,21+. The Kier molecular flexibility index (Phi) is 8.12. The van der Waals surface area contributed by atoms with Crippen molar-refractivity contribution in [2.24, 2.45) is 11.8 Å². The fourth-order valence-electron chi connectivity index (χ4n) is 5.00. The van der Waals surface area contributed by atoms with Crippen molar-refractivity contribution in [3.8, 4) is 22.4 Å². The Balaban J connectivity index is 1.60. The highest BCUT2D eigenvalue weighted by Gasteiger charge is 2.26. The molecule has 2 aromatic carbocycles. The van der Waals surface area contributed by atoms with Crippen LogP contribution in [0.4, 0.5) is 4.39 Å². The molecule has 5 nitrogen and oxygen atoms in total. The van der Waals surface area contributed by atoms with Gasteiger partial charge in [-0.1, -0.05) is 43.7 Å². The van der Waals surface area contributed by atoms with E-state index in [4.69, 9.17) is 14.9 Å². The number of aryl methyl sites for hydroxylation is 1. The van der Waals surface area contributed by atoms with E-state index < -0.39 is 5.97 Å². The lowest BCUT2D eigenvalue weighted by Gasteiger charge is -2.28. The van der Waals surface area contributed by atoms with Crippen molar-refractivity contribution in [2.75, 3.05) is 13.2 Å². The molecule has 1 aliphatic carbocycles. The fraction of sp³-hybridized carbons (Fsp3) is 0.429. The van der Waals surface area contributed by atoms with Crippen LogP contribution in [0.5, 0.6) is 0 Å². The van der Waals surface area contributed by atoms with Crippen LogP contribution in [0.3, 0.4) is 0 Å². The molecule has 6 heteroatoms.